The third-order valence-corrected chi connectivity index (χ3v) is 11.3. The van der Waals surface area contributed by atoms with Gasteiger partial charge in [-0.05, 0) is 74.4 Å². The molecule has 47 heavy (non-hydrogen) atoms. The van der Waals surface area contributed by atoms with Crippen molar-refractivity contribution in [2.75, 3.05) is 21.2 Å². The summed E-state index contributed by atoms with van der Waals surface area (Å²) in [6.45, 7) is 16.9. The van der Waals surface area contributed by atoms with Crippen molar-refractivity contribution in [1.29, 1.82) is 0 Å². The SMILES string of the molecule is CO[C@]1(C)C[C@H](O[C@H]2[C@H](C)[C@@H](O[C@@H]3O[C@H](C)C[C@H](N(C)C)[C@H]3O)[C@@]3(C)C[C@@H](C)[C@H](O3)[C@H](C)[C@H](/C(C)=N/O)OC(=O)[C@@H]2C)O[C@@H](C)[C@@H]1O. The Morgan fingerprint density at radius 3 is 2.26 bits per heavy atom. The molecule has 0 radical (unpaired) electrons. The van der Waals surface area contributed by atoms with Crippen LogP contribution in [0.4, 0.5) is 0 Å². The second kappa shape index (κ2) is 14.8. The largest absolute Gasteiger partial charge is 0.455 e. The fourth-order valence-electron chi connectivity index (χ4n) is 8.47. The van der Waals surface area contributed by atoms with Gasteiger partial charge in [-0.2, -0.15) is 0 Å². The van der Waals surface area contributed by atoms with Crippen molar-refractivity contribution in [2.45, 2.75) is 160 Å². The molecule has 0 unspecified atom stereocenters. The molecule has 2 bridgehead atoms. The number of aliphatic hydroxyl groups excluding tert-OH is 2. The second-order valence-corrected chi connectivity index (χ2v) is 15.3. The van der Waals surface area contributed by atoms with E-state index in [1.54, 1.807) is 27.7 Å². The van der Waals surface area contributed by atoms with Crippen molar-refractivity contribution < 1.29 is 53.4 Å². The lowest BCUT2D eigenvalue weighted by Gasteiger charge is -2.48. The third-order valence-electron chi connectivity index (χ3n) is 11.3. The van der Waals surface area contributed by atoms with E-state index in [1.807, 2.05) is 46.7 Å². The minimum absolute atomic E-state index is 0.0225. The number of carbonyl (C=O) groups excluding carboxylic acids is 1. The number of aliphatic hydroxyl groups is 2. The summed E-state index contributed by atoms with van der Waals surface area (Å²) in [4.78, 5) is 16.0. The van der Waals surface area contributed by atoms with Gasteiger partial charge in [-0.3, -0.25) is 4.79 Å². The molecule has 0 aromatic carbocycles. The number of rotatable bonds is 7. The number of ether oxygens (including phenoxy) is 7. The second-order valence-electron chi connectivity index (χ2n) is 15.3. The molecule has 0 saturated carbocycles. The van der Waals surface area contributed by atoms with E-state index in [0.29, 0.717) is 12.8 Å². The van der Waals surface area contributed by atoms with Gasteiger partial charge in [-0.25, -0.2) is 0 Å². The Balaban J connectivity index is 1.79. The Bertz CT molecular complexity index is 1110. The molecule has 4 saturated heterocycles. The summed E-state index contributed by atoms with van der Waals surface area (Å²) in [5, 5.41) is 35.5. The zero-order valence-corrected chi connectivity index (χ0v) is 30.3. The predicted octanol–water partition coefficient (Wildman–Crippen LogP) is 2.95. The fraction of sp³-hybridized carbons (Fsp3) is 0.941. The van der Waals surface area contributed by atoms with Gasteiger partial charge in [-0.15, -0.1) is 0 Å². The van der Waals surface area contributed by atoms with E-state index < -0.39 is 78.2 Å². The van der Waals surface area contributed by atoms with Gasteiger partial charge in [0.2, 0.25) is 0 Å². The third kappa shape index (κ3) is 7.68. The molecule has 0 aromatic heterocycles. The summed E-state index contributed by atoms with van der Waals surface area (Å²) in [5.74, 6) is -2.22. The van der Waals surface area contributed by atoms with E-state index in [4.69, 9.17) is 33.2 Å². The van der Waals surface area contributed by atoms with Crippen LogP contribution in [0, 0.1) is 23.7 Å². The van der Waals surface area contributed by atoms with Crippen molar-refractivity contribution in [3.63, 3.8) is 0 Å². The molecule has 13 nitrogen and oxygen atoms in total. The number of methoxy groups -OCH3 is 1. The zero-order chi connectivity index (χ0) is 35.2. The number of oxime groups is 1. The Kier molecular flexibility index (Phi) is 12.1. The first-order chi connectivity index (χ1) is 21.9. The van der Waals surface area contributed by atoms with Crippen LogP contribution in [0.3, 0.4) is 0 Å². The average molecular weight is 673 g/mol. The number of carbonyl (C=O) groups is 1. The minimum atomic E-state index is -0.965. The number of likely N-dealkylation sites (N-methyl/N-ethyl adjacent to an activating group) is 1. The van der Waals surface area contributed by atoms with E-state index in [2.05, 4.69) is 12.1 Å². The first-order valence-corrected chi connectivity index (χ1v) is 17.1. The Morgan fingerprint density at radius 2 is 1.66 bits per heavy atom. The smallest absolute Gasteiger partial charge is 0.311 e. The number of cyclic esters (lactones) is 1. The van der Waals surface area contributed by atoms with E-state index >= 15 is 0 Å². The van der Waals surface area contributed by atoms with Crippen molar-refractivity contribution >= 4 is 11.7 Å². The van der Waals surface area contributed by atoms with E-state index in [1.165, 1.54) is 7.11 Å². The molecule has 4 aliphatic heterocycles. The summed E-state index contributed by atoms with van der Waals surface area (Å²) in [6.07, 6.45) is -5.70. The van der Waals surface area contributed by atoms with Crippen LogP contribution in [0.15, 0.2) is 5.16 Å². The number of nitrogens with zero attached hydrogens (tertiary/aromatic N) is 2. The zero-order valence-electron chi connectivity index (χ0n) is 30.3. The van der Waals surface area contributed by atoms with Gasteiger partial charge >= 0.3 is 5.97 Å². The maximum absolute atomic E-state index is 14.0. The normalized spacial score (nSPS) is 50.2. The first-order valence-electron chi connectivity index (χ1n) is 17.1. The van der Waals surface area contributed by atoms with E-state index in [9.17, 15) is 20.2 Å². The summed E-state index contributed by atoms with van der Waals surface area (Å²) in [6, 6.07) is -0.191. The van der Waals surface area contributed by atoms with Gasteiger partial charge in [0.1, 0.15) is 18.3 Å². The molecule has 0 spiro atoms. The van der Waals surface area contributed by atoms with Crippen LogP contribution >= 0.6 is 0 Å². The fourth-order valence-corrected chi connectivity index (χ4v) is 8.47. The quantitative estimate of drug-likeness (QED) is 0.157. The van der Waals surface area contributed by atoms with Crippen LogP contribution in [0.2, 0.25) is 0 Å². The highest BCUT2D eigenvalue weighted by Crippen LogP contribution is 2.47. The molecule has 3 N–H and O–H groups in total. The van der Waals surface area contributed by atoms with E-state index in [0.717, 1.165) is 0 Å². The molecule has 0 aliphatic carbocycles. The van der Waals surface area contributed by atoms with Gasteiger partial charge in [0, 0.05) is 31.4 Å². The Morgan fingerprint density at radius 1 is 1.00 bits per heavy atom. The van der Waals surface area contributed by atoms with Crippen LogP contribution in [0.5, 0.6) is 0 Å². The van der Waals surface area contributed by atoms with Crippen molar-refractivity contribution in [2.24, 2.45) is 28.8 Å². The minimum Gasteiger partial charge on any atom is -0.455 e. The number of hydrogen-bond acceptors (Lipinski definition) is 13. The first kappa shape index (κ1) is 38.4. The maximum atomic E-state index is 14.0. The lowest BCUT2D eigenvalue weighted by Crippen LogP contribution is -2.60. The van der Waals surface area contributed by atoms with Crippen molar-refractivity contribution in [1.82, 2.24) is 4.90 Å². The molecule has 0 aromatic rings. The standard InChI is InChI=1S/C34H60N2O11/c1-16-14-34(9)30(46-32-25(37)23(36(10)11)13-17(2)42-32)19(4)27(44-24-15-33(8,41-12)29(38)22(7)43-24)20(5)31(39)45-28(21(6)35-40)18(3)26(16)47-34/h16-20,22-30,32,37-38,40H,13-15H2,1-12H3/b35-21+/t16-,17-,18+,19+,20-,22+,23+,24+,25-,26+,27+,28-,29+,30-,32+,33-,34-/m1/s1. The van der Waals surface area contributed by atoms with Crippen molar-refractivity contribution in [3.8, 4) is 0 Å². The monoisotopic (exact) mass is 672 g/mol. The van der Waals surface area contributed by atoms with Gasteiger partial charge in [0.15, 0.2) is 12.6 Å². The molecule has 4 aliphatic rings. The van der Waals surface area contributed by atoms with Gasteiger partial charge in [0.05, 0.1) is 53.4 Å². The summed E-state index contributed by atoms with van der Waals surface area (Å²) >= 11 is 0. The average Bonchev–Trinajstić information content (AvgIpc) is 3.33. The molecule has 0 amide bonds. The summed E-state index contributed by atoms with van der Waals surface area (Å²) < 4.78 is 44.8. The molecular weight excluding hydrogens is 612 g/mol. The van der Waals surface area contributed by atoms with E-state index in [-0.39, 0.29) is 42.2 Å². The molecule has 4 fully saturated rings. The number of hydrogen-bond donors (Lipinski definition) is 3. The lowest BCUT2D eigenvalue weighted by molar-refractivity contribution is -0.318. The molecule has 13 heteroatoms. The van der Waals surface area contributed by atoms with Gasteiger partial charge in [-0.1, -0.05) is 25.9 Å². The van der Waals surface area contributed by atoms with Crippen LogP contribution in [0.25, 0.3) is 0 Å². The molecule has 272 valence electrons. The predicted molar refractivity (Wildman–Crippen MR) is 172 cm³/mol. The Hall–Kier alpha value is -1.42. The van der Waals surface area contributed by atoms with Gasteiger partial charge < -0.3 is 53.5 Å². The van der Waals surface area contributed by atoms with Crippen LogP contribution in [-0.4, -0.2) is 132 Å². The topological polar surface area (TPSA) is 158 Å². The molecule has 4 heterocycles. The van der Waals surface area contributed by atoms with Crippen LogP contribution in [-0.2, 0) is 38.0 Å². The molecular formula is C34H60N2O11. The van der Waals surface area contributed by atoms with Crippen LogP contribution in [0.1, 0.15) is 81.6 Å². The Labute approximate surface area is 280 Å². The highest BCUT2D eigenvalue weighted by molar-refractivity contribution is 5.88. The highest BCUT2D eigenvalue weighted by atomic mass is 16.7. The van der Waals surface area contributed by atoms with Gasteiger partial charge in [0.25, 0.3) is 0 Å². The van der Waals surface area contributed by atoms with Crippen molar-refractivity contribution in [3.05, 3.63) is 0 Å². The van der Waals surface area contributed by atoms with Crippen LogP contribution < -0.4 is 0 Å². The molecule has 17 atom stereocenters. The number of fused-ring (bicyclic) bond motifs is 2. The molecule has 4 rings (SSSR count). The lowest BCUT2D eigenvalue weighted by atomic mass is 9.77. The summed E-state index contributed by atoms with van der Waals surface area (Å²) in [7, 11) is 5.39. The highest BCUT2D eigenvalue weighted by Gasteiger charge is 2.57. The number of esters is 1. The maximum Gasteiger partial charge on any atom is 0.311 e. The summed E-state index contributed by atoms with van der Waals surface area (Å²) in [5.41, 5.74) is -1.58.